The van der Waals surface area contributed by atoms with E-state index in [1.807, 2.05) is 6.07 Å². The van der Waals surface area contributed by atoms with Crippen LogP contribution in [0.1, 0.15) is 21.0 Å². The Morgan fingerprint density at radius 2 is 1.70 bits per heavy atom. The predicted octanol–water partition coefficient (Wildman–Crippen LogP) is 2.08. The number of hydrogen-bond donors (Lipinski definition) is 0. The summed E-state index contributed by atoms with van der Waals surface area (Å²) in [6.45, 7) is 0. The Morgan fingerprint density at radius 1 is 1.04 bits per heavy atom. The van der Waals surface area contributed by atoms with Gasteiger partial charge in [0.2, 0.25) is 11.6 Å². The van der Waals surface area contributed by atoms with E-state index in [4.69, 9.17) is 4.74 Å². The van der Waals surface area contributed by atoms with Gasteiger partial charge in [-0.1, -0.05) is 30.3 Å². The highest BCUT2D eigenvalue weighted by Crippen LogP contribution is 2.29. The normalized spacial score (nSPS) is 14.0. The van der Waals surface area contributed by atoms with Crippen LogP contribution in [0.4, 0.5) is 0 Å². The average Bonchev–Trinajstić information content (AvgIpc) is 2.56. The number of carbonyl (C=O) groups is 2. The highest BCUT2D eigenvalue weighted by molar-refractivity contribution is 9.12. The van der Waals surface area contributed by atoms with Crippen LogP contribution in [0.25, 0.3) is 11.3 Å². The zero-order valence-electron chi connectivity index (χ0n) is 12.3. The third-order valence-electron chi connectivity index (χ3n) is 3.58. The lowest BCUT2D eigenvalue weighted by atomic mass is 10.0. The van der Waals surface area contributed by atoms with Gasteiger partial charge in [-0.05, 0) is 15.9 Å². The van der Waals surface area contributed by atoms with Crippen molar-refractivity contribution in [3.8, 4) is 11.3 Å². The average molecular weight is 375 g/mol. The molecule has 3 rings (SSSR count). The predicted molar refractivity (Wildman–Crippen MR) is 86.5 cm³/mol. The number of methoxy groups -OCH3 is 1. The second kappa shape index (κ2) is 5.58. The first-order chi connectivity index (χ1) is 11.0. The molecule has 0 fully saturated rings. The van der Waals surface area contributed by atoms with Crippen molar-refractivity contribution in [1.82, 2.24) is 9.55 Å². The molecule has 0 aliphatic heterocycles. The van der Waals surface area contributed by atoms with Gasteiger partial charge in [0.1, 0.15) is 21.6 Å². The minimum atomic E-state index is -0.555. The number of Topliss-reactive ketones (excluding diaryl/α,β-unsaturated/α-hetero) is 2. The second-order valence-corrected chi connectivity index (χ2v) is 5.69. The van der Waals surface area contributed by atoms with Crippen LogP contribution in [0.5, 0.6) is 0 Å². The third-order valence-corrected chi connectivity index (χ3v) is 4.30. The molecular weight excluding hydrogens is 364 g/mol. The van der Waals surface area contributed by atoms with Gasteiger partial charge in [-0.3, -0.25) is 14.4 Å². The summed E-state index contributed by atoms with van der Waals surface area (Å²) >= 11 is 3.07. The Hall–Kier alpha value is -2.54. The molecule has 0 N–H and O–H groups in total. The van der Waals surface area contributed by atoms with Gasteiger partial charge in [0.25, 0.3) is 5.56 Å². The molecule has 0 atom stereocenters. The number of ketones is 2. The van der Waals surface area contributed by atoms with Crippen LogP contribution < -0.4 is 5.56 Å². The smallest absolute Gasteiger partial charge is 0.277 e. The standard InChI is InChI=1S/C16H11BrN2O4/c1-19-12-11(13(20)9(17)15(23-2)14(12)21)18-10(16(19)22)8-6-4-3-5-7-8/h3-7H,1-2H3. The van der Waals surface area contributed by atoms with Crippen molar-refractivity contribution in [3.05, 3.63) is 62.3 Å². The number of fused-ring (bicyclic) bond motifs is 1. The van der Waals surface area contributed by atoms with E-state index >= 15 is 0 Å². The van der Waals surface area contributed by atoms with Crippen LogP contribution in [0.15, 0.2) is 45.4 Å². The van der Waals surface area contributed by atoms with Gasteiger partial charge in [-0.25, -0.2) is 4.98 Å². The van der Waals surface area contributed by atoms with E-state index in [-0.39, 0.29) is 27.3 Å². The van der Waals surface area contributed by atoms with Crippen LogP contribution in [-0.4, -0.2) is 28.2 Å². The number of rotatable bonds is 2. The van der Waals surface area contributed by atoms with E-state index in [0.717, 1.165) is 4.57 Å². The van der Waals surface area contributed by atoms with Crippen molar-refractivity contribution in [3.63, 3.8) is 0 Å². The largest absolute Gasteiger partial charge is 0.491 e. The minimum Gasteiger partial charge on any atom is -0.491 e. The molecule has 7 heteroatoms. The maximum Gasteiger partial charge on any atom is 0.277 e. The molecular formula is C16H11BrN2O4. The molecule has 0 saturated heterocycles. The minimum absolute atomic E-state index is 0.00246. The van der Waals surface area contributed by atoms with Crippen LogP contribution in [0, 0.1) is 0 Å². The van der Waals surface area contributed by atoms with Gasteiger partial charge in [-0.2, -0.15) is 0 Å². The number of benzene rings is 1. The van der Waals surface area contributed by atoms with Gasteiger partial charge in [0.05, 0.1) is 7.11 Å². The molecule has 0 amide bonds. The maximum absolute atomic E-state index is 12.5. The summed E-state index contributed by atoms with van der Waals surface area (Å²) in [4.78, 5) is 41.6. The fourth-order valence-electron chi connectivity index (χ4n) is 2.43. The maximum atomic E-state index is 12.5. The number of hydrogen-bond acceptors (Lipinski definition) is 5. The molecule has 0 saturated carbocycles. The Balaban J connectivity index is 2.34. The molecule has 0 radical (unpaired) electrons. The molecule has 1 aliphatic rings. The van der Waals surface area contributed by atoms with E-state index in [9.17, 15) is 14.4 Å². The zero-order valence-corrected chi connectivity index (χ0v) is 13.9. The molecule has 6 nitrogen and oxygen atoms in total. The van der Waals surface area contributed by atoms with E-state index in [1.165, 1.54) is 14.2 Å². The van der Waals surface area contributed by atoms with E-state index in [1.54, 1.807) is 24.3 Å². The van der Waals surface area contributed by atoms with E-state index in [0.29, 0.717) is 5.56 Å². The van der Waals surface area contributed by atoms with Crippen molar-refractivity contribution in [1.29, 1.82) is 0 Å². The van der Waals surface area contributed by atoms with Gasteiger partial charge in [-0.15, -0.1) is 0 Å². The number of carbonyl (C=O) groups excluding carboxylic acids is 2. The topological polar surface area (TPSA) is 78.3 Å². The third kappa shape index (κ3) is 2.24. The molecule has 1 aromatic carbocycles. The van der Waals surface area contributed by atoms with Crippen molar-refractivity contribution in [2.75, 3.05) is 7.11 Å². The molecule has 0 unspecified atom stereocenters. The summed E-state index contributed by atoms with van der Waals surface area (Å²) in [7, 11) is 2.73. The molecule has 1 aromatic heterocycles. The van der Waals surface area contributed by atoms with Crippen molar-refractivity contribution < 1.29 is 14.3 Å². The molecule has 23 heavy (non-hydrogen) atoms. The van der Waals surface area contributed by atoms with Gasteiger partial charge < -0.3 is 9.30 Å². The first kappa shape index (κ1) is 15.4. The molecule has 2 aromatic rings. The fourth-order valence-corrected chi connectivity index (χ4v) is 2.96. The lowest BCUT2D eigenvalue weighted by Crippen LogP contribution is -2.34. The first-order valence-corrected chi connectivity index (χ1v) is 7.46. The molecule has 116 valence electrons. The Labute approximate surface area is 139 Å². The monoisotopic (exact) mass is 374 g/mol. The summed E-state index contributed by atoms with van der Waals surface area (Å²) < 4.78 is 6.12. The van der Waals surface area contributed by atoms with Crippen LogP contribution in [0.2, 0.25) is 0 Å². The summed E-state index contributed by atoms with van der Waals surface area (Å²) in [5, 5.41) is 0. The summed E-state index contributed by atoms with van der Waals surface area (Å²) in [5.41, 5.74) is 0.107. The highest BCUT2D eigenvalue weighted by Gasteiger charge is 2.36. The fraction of sp³-hybridized carbons (Fsp3) is 0.125. The van der Waals surface area contributed by atoms with Gasteiger partial charge >= 0.3 is 0 Å². The van der Waals surface area contributed by atoms with Gasteiger partial charge in [0.15, 0.2) is 5.76 Å². The summed E-state index contributed by atoms with van der Waals surface area (Å²) in [6, 6.07) is 8.78. The highest BCUT2D eigenvalue weighted by atomic mass is 79.9. The first-order valence-electron chi connectivity index (χ1n) is 6.67. The Morgan fingerprint density at radius 3 is 2.30 bits per heavy atom. The number of aromatic nitrogens is 2. The molecule has 0 spiro atoms. The van der Waals surface area contributed by atoms with Crippen LogP contribution in [0.3, 0.4) is 0 Å². The number of allylic oxidation sites excluding steroid dienone is 2. The van der Waals surface area contributed by atoms with Gasteiger partial charge in [0, 0.05) is 12.6 Å². The van der Waals surface area contributed by atoms with Crippen molar-refractivity contribution >= 4 is 27.5 Å². The second-order valence-electron chi connectivity index (χ2n) is 4.89. The lowest BCUT2D eigenvalue weighted by molar-refractivity contribution is 0.0902. The summed E-state index contributed by atoms with van der Waals surface area (Å²) in [5.74, 6) is -1.18. The number of nitrogens with zero attached hydrogens (tertiary/aromatic N) is 2. The van der Waals surface area contributed by atoms with E-state index < -0.39 is 17.1 Å². The molecule has 1 aliphatic carbocycles. The number of halogens is 1. The van der Waals surface area contributed by atoms with Crippen LogP contribution in [-0.2, 0) is 11.8 Å². The quantitative estimate of drug-likeness (QED) is 0.803. The molecule has 0 bridgehead atoms. The zero-order chi connectivity index (χ0) is 16.7. The van der Waals surface area contributed by atoms with Crippen LogP contribution >= 0.6 is 15.9 Å². The van der Waals surface area contributed by atoms with E-state index in [2.05, 4.69) is 20.9 Å². The summed E-state index contributed by atoms with van der Waals surface area (Å²) in [6.07, 6.45) is 0. The number of ether oxygens (including phenoxy) is 1. The Bertz CT molecular complexity index is 929. The van der Waals surface area contributed by atoms with Crippen molar-refractivity contribution in [2.24, 2.45) is 7.05 Å². The molecule has 1 heterocycles. The SMILES string of the molecule is COC1=C(Br)C(=O)c2nc(-c3ccccc3)c(=O)n(C)c2C1=O. The Kier molecular flexibility index (Phi) is 3.73. The van der Waals surface area contributed by atoms with Crippen molar-refractivity contribution in [2.45, 2.75) is 0 Å². The lowest BCUT2D eigenvalue weighted by Gasteiger charge is -2.19.